The number of amides is 1. The van der Waals surface area contributed by atoms with E-state index in [0.717, 1.165) is 5.56 Å². The lowest BCUT2D eigenvalue weighted by molar-refractivity contribution is -0.121. The minimum absolute atomic E-state index is 0.0827. The molecular weight excluding hydrogens is 236 g/mol. The fourth-order valence-electron chi connectivity index (χ4n) is 2.71. The third-order valence-corrected chi connectivity index (χ3v) is 4.83. The summed E-state index contributed by atoms with van der Waals surface area (Å²) >= 11 is 0. The number of benzene rings is 1. The minimum Gasteiger partial charge on any atom is -0.351 e. The molecule has 0 bridgehead atoms. The van der Waals surface area contributed by atoms with Crippen LogP contribution in [0, 0.1) is 22.2 Å². The van der Waals surface area contributed by atoms with E-state index in [1.54, 1.807) is 0 Å². The predicted octanol–water partition coefficient (Wildman–Crippen LogP) is 2.84. The Hall–Kier alpha value is -1.82. The fourth-order valence-corrected chi connectivity index (χ4v) is 2.71. The zero-order valence-corrected chi connectivity index (χ0v) is 11.9. The Morgan fingerprint density at radius 1 is 1.21 bits per heavy atom. The third kappa shape index (κ3) is 2.12. The monoisotopic (exact) mass is 256 g/mol. The molecule has 0 spiro atoms. The van der Waals surface area contributed by atoms with Crippen LogP contribution in [0.2, 0.25) is 0 Å². The average Bonchev–Trinajstić information content (AvgIpc) is 2.74. The predicted molar refractivity (Wildman–Crippen MR) is 74.3 cm³/mol. The van der Waals surface area contributed by atoms with Gasteiger partial charge in [-0.05, 0) is 16.4 Å². The van der Waals surface area contributed by atoms with E-state index in [1.807, 2.05) is 30.3 Å². The Morgan fingerprint density at radius 3 is 2.16 bits per heavy atom. The lowest BCUT2D eigenvalue weighted by atomic mass is 10.00. The molecule has 1 aromatic carbocycles. The van der Waals surface area contributed by atoms with Crippen molar-refractivity contribution >= 4 is 5.91 Å². The molecule has 1 unspecified atom stereocenters. The summed E-state index contributed by atoms with van der Waals surface area (Å²) in [7, 11) is 0. The maximum atomic E-state index is 12.3. The van der Waals surface area contributed by atoms with Gasteiger partial charge in [0.05, 0.1) is 6.07 Å². The maximum absolute atomic E-state index is 12.3. The normalized spacial score (nSPS) is 21.2. The Morgan fingerprint density at radius 2 is 1.74 bits per heavy atom. The molecule has 0 radical (unpaired) electrons. The van der Waals surface area contributed by atoms with Gasteiger partial charge in [0.25, 0.3) is 0 Å². The van der Waals surface area contributed by atoms with Crippen LogP contribution < -0.4 is 5.32 Å². The quantitative estimate of drug-likeness (QED) is 0.904. The van der Waals surface area contributed by atoms with E-state index in [2.05, 4.69) is 39.1 Å². The molecule has 3 nitrogen and oxygen atoms in total. The summed E-state index contributed by atoms with van der Waals surface area (Å²) < 4.78 is 0. The fraction of sp³-hybridized carbons (Fsp3) is 0.500. The summed E-state index contributed by atoms with van der Waals surface area (Å²) in [5, 5.41) is 12.3. The van der Waals surface area contributed by atoms with Crippen LogP contribution in [0.5, 0.6) is 0 Å². The molecule has 3 heteroatoms. The van der Waals surface area contributed by atoms with Crippen LogP contribution in [0.4, 0.5) is 0 Å². The second kappa shape index (κ2) is 4.38. The minimum atomic E-state index is -0.728. The average molecular weight is 256 g/mol. The van der Waals surface area contributed by atoms with Crippen molar-refractivity contribution in [2.24, 2.45) is 10.8 Å². The molecule has 1 amide bonds. The standard InChI is InChI=1S/C16H20N2O/c1-15(2)14(16(15,3)4)18-13(19)12(10-17)11-8-6-5-7-9-11/h5-9,12,14H,1-4H3,(H,18,19). The van der Waals surface area contributed by atoms with E-state index in [-0.39, 0.29) is 22.8 Å². The van der Waals surface area contributed by atoms with E-state index in [4.69, 9.17) is 0 Å². The summed E-state index contributed by atoms with van der Waals surface area (Å²) in [4.78, 5) is 12.3. The van der Waals surface area contributed by atoms with Crippen molar-refractivity contribution in [1.82, 2.24) is 5.32 Å². The first-order chi connectivity index (χ1) is 8.82. The molecule has 1 saturated carbocycles. The van der Waals surface area contributed by atoms with Crippen molar-refractivity contribution in [1.29, 1.82) is 5.26 Å². The highest BCUT2D eigenvalue weighted by Crippen LogP contribution is 2.62. The molecular formula is C16H20N2O. The second-order valence-corrected chi connectivity index (χ2v) is 6.36. The summed E-state index contributed by atoms with van der Waals surface area (Å²) in [5.41, 5.74) is 0.914. The number of nitriles is 1. The Balaban J connectivity index is 2.11. The second-order valence-electron chi connectivity index (χ2n) is 6.36. The summed E-state index contributed by atoms with van der Waals surface area (Å²) in [6, 6.07) is 11.4. The zero-order chi connectivity index (χ0) is 14.3. The third-order valence-electron chi connectivity index (χ3n) is 4.83. The van der Waals surface area contributed by atoms with Gasteiger partial charge in [0.15, 0.2) is 0 Å². The molecule has 1 aliphatic rings. The Labute approximate surface area is 114 Å². The van der Waals surface area contributed by atoms with Crippen LogP contribution in [0.25, 0.3) is 0 Å². The lowest BCUT2D eigenvalue weighted by Crippen LogP contribution is -2.33. The number of hydrogen-bond acceptors (Lipinski definition) is 2. The van der Waals surface area contributed by atoms with Gasteiger partial charge in [0.2, 0.25) is 5.91 Å². The molecule has 1 atom stereocenters. The molecule has 19 heavy (non-hydrogen) atoms. The number of nitrogens with one attached hydrogen (secondary N) is 1. The van der Waals surface area contributed by atoms with Crippen molar-refractivity contribution in [2.45, 2.75) is 39.7 Å². The lowest BCUT2D eigenvalue weighted by Gasteiger charge is -2.11. The molecule has 100 valence electrons. The van der Waals surface area contributed by atoms with Crippen LogP contribution in [-0.4, -0.2) is 11.9 Å². The first-order valence-electron chi connectivity index (χ1n) is 6.57. The topological polar surface area (TPSA) is 52.9 Å². The summed E-state index contributed by atoms with van der Waals surface area (Å²) in [6.45, 7) is 8.56. The van der Waals surface area contributed by atoms with Crippen molar-refractivity contribution in [3.63, 3.8) is 0 Å². The smallest absolute Gasteiger partial charge is 0.242 e. The van der Waals surface area contributed by atoms with E-state index in [9.17, 15) is 10.1 Å². The van der Waals surface area contributed by atoms with Gasteiger partial charge in [-0.2, -0.15) is 5.26 Å². The van der Waals surface area contributed by atoms with Crippen molar-refractivity contribution in [2.75, 3.05) is 0 Å². The highest BCUT2D eigenvalue weighted by atomic mass is 16.2. The molecule has 0 aliphatic heterocycles. The van der Waals surface area contributed by atoms with Gasteiger partial charge in [0, 0.05) is 6.04 Å². The first-order valence-corrected chi connectivity index (χ1v) is 6.57. The van der Waals surface area contributed by atoms with Gasteiger partial charge >= 0.3 is 0 Å². The van der Waals surface area contributed by atoms with Crippen molar-refractivity contribution in [3.8, 4) is 6.07 Å². The van der Waals surface area contributed by atoms with Gasteiger partial charge in [-0.3, -0.25) is 4.79 Å². The molecule has 2 rings (SSSR count). The van der Waals surface area contributed by atoms with Gasteiger partial charge < -0.3 is 5.32 Å². The number of rotatable bonds is 3. The Kier molecular flexibility index (Phi) is 3.14. The van der Waals surface area contributed by atoms with Crippen LogP contribution in [-0.2, 0) is 4.79 Å². The Bertz CT molecular complexity index is 511. The van der Waals surface area contributed by atoms with Crippen molar-refractivity contribution in [3.05, 3.63) is 35.9 Å². The molecule has 0 heterocycles. The maximum Gasteiger partial charge on any atom is 0.242 e. The van der Waals surface area contributed by atoms with E-state index in [0.29, 0.717) is 0 Å². The number of carbonyl (C=O) groups is 1. The zero-order valence-electron chi connectivity index (χ0n) is 11.9. The van der Waals surface area contributed by atoms with Crippen LogP contribution in [0.3, 0.4) is 0 Å². The van der Waals surface area contributed by atoms with Crippen LogP contribution >= 0.6 is 0 Å². The van der Waals surface area contributed by atoms with E-state index in [1.165, 1.54) is 0 Å². The molecule has 1 N–H and O–H groups in total. The molecule has 1 fully saturated rings. The highest BCUT2D eigenvalue weighted by molar-refractivity contribution is 5.87. The van der Waals surface area contributed by atoms with Crippen molar-refractivity contribution < 1.29 is 4.79 Å². The van der Waals surface area contributed by atoms with Crippen LogP contribution in [0.1, 0.15) is 39.2 Å². The van der Waals surface area contributed by atoms with Gasteiger partial charge in [-0.15, -0.1) is 0 Å². The van der Waals surface area contributed by atoms with Crippen LogP contribution in [0.15, 0.2) is 30.3 Å². The van der Waals surface area contributed by atoms with Gasteiger partial charge in [0.1, 0.15) is 5.92 Å². The summed E-state index contributed by atoms with van der Waals surface area (Å²) in [5.74, 6) is -0.925. The SMILES string of the molecule is CC1(C)C(NC(=O)C(C#N)c2ccccc2)C1(C)C. The first kappa shape index (κ1) is 13.6. The largest absolute Gasteiger partial charge is 0.351 e. The summed E-state index contributed by atoms with van der Waals surface area (Å²) in [6.07, 6.45) is 0. The molecule has 1 aromatic rings. The van der Waals surface area contributed by atoms with Gasteiger partial charge in [-0.25, -0.2) is 0 Å². The van der Waals surface area contributed by atoms with E-state index < -0.39 is 5.92 Å². The molecule has 0 aromatic heterocycles. The van der Waals surface area contributed by atoms with Gasteiger partial charge in [-0.1, -0.05) is 58.0 Å². The number of carbonyl (C=O) groups excluding carboxylic acids is 1. The number of nitrogens with zero attached hydrogens (tertiary/aromatic N) is 1. The molecule has 0 saturated heterocycles. The number of hydrogen-bond donors (Lipinski definition) is 1. The molecule has 1 aliphatic carbocycles. The van der Waals surface area contributed by atoms with E-state index >= 15 is 0 Å². The highest BCUT2D eigenvalue weighted by Gasteiger charge is 2.65.